The van der Waals surface area contributed by atoms with Crippen molar-refractivity contribution in [3.05, 3.63) is 35.6 Å². The maximum Gasteiger partial charge on any atom is 0.127 e. The highest BCUT2D eigenvalue weighted by molar-refractivity contribution is 5.21. The minimum Gasteiger partial charge on any atom is -0.313 e. The molecular weight excluding hydrogens is 263 g/mol. The fourth-order valence-corrected chi connectivity index (χ4v) is 3.68. The van der Waals surface area contributed by atoms with Crippen LogP contribution in [0.1, 0.15) is 45.2 Å². The van der Waals surface area contributed by atoms with Gasteiger partial charge in [0.2, 0.25) is 0 Å². The maximum absolute atomic E-state index is 14.0. The van der Waals surface area contributed by atoms with Crippen LogP contribution in [0.15, 0.2) is 24.3 Å². The van der Waals surface area contributed by atoms with Crippen LogP contribution < -0.4 is 5.32 Å². The highest BCUT2D eigenvalue weighted by Gasteiger charge is 2.27. The highest BCUT2D eigenvalue weighted by atomic mass is 19.1. The zero-order chi connectivity index (χ0) is 15.4. The topological polar surface area (TPSA) is 15.3 Å². The first-order chi connectivity index (χ1) is 10.0. The van der Waals surface area contributed by atoms with Gasteiger partial charge in [0.15, 0.2) is 0 Å². The van der Waals surface area contributed by atoms with Gasteiger partial charge in [-0.1, -0.05) is 32.0 Å². The first-order valence-corrected chi connectivity index (χ1v) is 8.18. The summed E-state index contributed by atoms with van der Waals surface area (Å²) < 4.78 is 14.0. The SMILES string of the molecule is CNC(c1ccccc1F)C(C)CN1CCC(C)CC1C. The lowest BCUT2D eigenvalue weighted by Gasteiger charge is -2.39. The Hall–Kier alpha value is -0.930. The molecule has 1 aliphatic rings. The average Bonchev–Trinajstić information content (AvgIpc) is 2.45. The van der Waals surface area contributed by atoms with Crippen molar-refractivity contribution in [3.8, 4) is 0 Å². The predicted octanol–water partition coefficient (Wildman–Crippen LogP) is 3.84. The van der Waals surface area contributed by atoms with Gasteiger partial charge in [-0.2, -0.15) is 0 Å². The molecule has 0 aromatic heterocycles. The van der Waals surface area contributed by atoms with E-state index in [0.29, 0.717) is 12.0 Å². The number of nitrogens with zero attached hydrogens (tertiary/aromatic N) is 1. The van der Waals surface area contributed by atoms with Crippen LogP contribution in [-0.2, 0) is 0 Å². The van der Waals surface area contributed by atoms with Crippen molar-refractivity contribution < 1.29 is 4.39 Å². The largest absolute Gasteiger partial charge is 0.313 e. The molecule has 1 aromatic rings. The number of piperidine rings is 1. The Morgan fingerprint density at radius 3 is 2.67 bits per heavy atom. The van der Waals surface area contributed by atoms with E-state index in [9.17, 15) is 4.39 Å². The van der Waals surface area contributed by atoms with Crippen molar-refractivity contribution >= 4 is 0 Å². The van der Waals surface area contributed by atoms with Gasteiger partial charge in [0.25, 0.3) is 0 Å². The molecule has 2 rings (SSSR count). The molecule has 1 fully saturated rings. The Balaban J connectivity index is 2.04. The summed E-state index contributed by atoms with van der Waals surface area (Å²) in [4.78, 5) is 2.57. The van der Waals surface area contributed by atoms with Gasteiger partial charge in [-0.05, 0) is 51.3 Å². The van der Waals surface area contributed by atoms with Crippen LogP contribution in [0, 0.1) is 17.7 Å². The third-order valence-electron chi connectivity index (χ3n) is 4.92. The fraction of sp³-hybridized carbons (Fsp3) is 0.667. The molecule has 1 heterocycles. The maximum atomic E-state index is 14.0. The summed E-state index contributed by atoms with van der Waals surface area (Å²) in [7, 11) is 1.93. The summed E-state index contributed by atoms with van der Waals surface area (Å²) in [5.41, 5.74) is 0.783. The van der Waals surface area contributed by atoms with Crippen molar-refractivity contribution in [1.82, 2.24) is 10.2 Å². The summed E-state index contributed by atoms with van der Waals surface area (Å²) in [5, 5.41) is 3.31. The zero-order valence-electron chi connectivity index (χ0n) is 13.8. The molecule has 0 bridgehead atoms. The number of hydrogen-bond donors (Lipinski definition) is 1. The van der Waals surface area contributed by atoms with Gasteiger partial charge >= 0.3 is 0 Å². The number of rotatable bonds is 5. The Labute approximate surface area is 128 Å². The normalized spacial score (nSPS) is 26.5. The highest BCUT2D eigenvalue weighted by Crippen LogP contribution is 2.28. The van der Waals surface area contributed by atoms with Crippen molar-refractivity contribution in [3.63, 3.8) is 0 Å². The van der Waals surface area contributed by atoms with Crippen molar-refractivity contribution in [2.75, 3.05) is 20.1 Å². The number of benzene rings is 1. The number of likely N-dealkylation sites (tertiary alicyclic amines) is 1. The van der Waals surface area contributed by atoms with Gasteiger partial charge in [0.1, 0.15) is 5.82 Å². The molecule has 21 heavy (non-hydrogen) atoms. The molecular formula is C18H29FN2. The van der Waals surface area contributed by atoms with Crippen molar-refractivity contribution in [2.45, 2.75) is 45.7 Å². The van der Waals surface area contributed by atoms with Crippen LogP contribution in [0.3, 0.4) is 0 Å². The van der Waals surface area contributed by atoms with E-state index < -0.39 is 0 Å². The van der Waals surface area contributed by atoms with Crippen LogP contribution in [0.5, 0.6) is 0 Å². The zero-order valence-corrected chi connectivity index (χ0v) is 13.8. The van der Waals surface area contributed by atoms with E-state index in [-0.39, 0.29) is 11.9 Å². The number of nitrogens with one attached hydrogen (secondary N) is 1. The lowest BCUT2D eigenvalue weighted by molar-refractivity contribution is 0.104. The van der Waals surface area contributed by atoms with Gasteiger partial charge in [-0.15, -0.1) is 0 Å². The third kappa shape index (κ3) is 4.04. The van der Waals surface area contributed by atoms with Crippen LogP contribution in [0.2, 0.25) is 0 Å². The molecule has 0 radical (unpaired) electrons. The second-order valence-corrected chi connectivity index (χ2v) is 6.74. The molecule has 1 saturated heterocycles. The third-order valence-corrected chi connectivity index (χ3v) is 4.92. The summed E-state index contributed by atoms with van der Waals surface area (Å²) in [6.07, 6.45) is 2.55. The van der Waals surface area contributed by atoms with Crippen molar-refractivity contribution in [2.24, 2.45) is 11.8 Å². The first kappa shape index (κ1) is 16.4. The summed E-state index contributed by atoms with van der Waals surface area (Å²) in [5.74, 6) is 1.10. The van der Waals surface area contributed by atoms with E-state index in [1.807, 2.05) is 19.2 Å². The Morgan fingerprint density at radius 2 is 2.05 bits per heavy atom. The van der Waals surface area contributed by atoms with Gasteiger partial charge in [0.05, 0.1) is 0 Å². The van der Waals surface area contributed by atoms with Crippen molar-refractivity contribution in [1.29, 1.82) is 0 Å². The van der Waals surface area contributed by atoms with E-state index in [1.165, 1.54) is 19.4 Å². The van der Waals surface area contributed by atoms with E-state index in [0.717, 1.165) is 18.0 Å². The molecule has 0 aliphatic carbocycles. The predicted molar refractivity (Wildman–Crippen MR) is 86.8 cm³/mol. The fourth-order valence-electron chi connectivity index (χ4n) is 3.68. The van der Waals surface area contributed by atoms with Crippen LogP contribution in [0.25, 0.3) is 0 Å². The Kier molecular flexibility index (Phi) is 5.77. The molecule has 0 saturated carbocycles. The smallest absolute Gasteiger partial charge is 0.127 e. The average molecular weight is 292 g/mol. The molecule has 1 aliphatic heterocycles. The van der Waals surface area contributed by atoms with Gasteiger partial charge in [-0.25, -0.2) is 4.39 Å². The number of halogens is 1. The Bertz CT molecular complexity index is 449. The first-order valence-electron chi connectivity index (χ1n) is 8.18. The molecule has 1 aromatic carbocycles. The van der Waals surface area contributed by atoms with Gasteiger partial charge < -0.3 is 10.2 Å². The lowest BCUT2D eigenvalue weighted by Crippen LogP contribution is -2.44. The molecule has 4 unspecified atom stereocenters. The quantitative estimate of drug-likeness (QED) is 0.887. The van der Waals surface area contributed by atoms with Crippen LogP contribution in [-0.4, -0.2) is 31.1 Å². The van der Waals surface area contributed by atoms with E-state index in [2.05, 4.69) is 31.0 Å². The monoisotopic (exact) mass is 292 g/mol. The molecule has 1 N–H and O–H groups in total. The summed E-state index contributed by atoms with van der Waals surface area (Å²) in [6, 6.07) is 7.82. The molecule has 3 heteroatoms. The summed E-state index contributed by atoms with van der Waals surface area (Å²) >= 11 is 0. The molecule has 0 amide bonds. The Morgan fingerprint density at radius 1 is 1.33 bits per heavy atom. The second kappa shape index (κ2) is 7.37. The minimum atomic E-state index is -0.107. The molecule has 118 valence electrons. The lowest BCUT2D eigenvalue weighted by atomic mass is 9.89. The van der Waals surface area contributed by atoms with Gasteiger partial charge in [0, 0.05) is 24.2 Å². The molecule has 0 spiro atoms. The van der Waals surface area contributed by atoms with Crippen LogP contribution >= 0.6 is 0 Å². The van der Waals surface area contributed by atoms with Gasteiger partial charge in [-0.3, -0.25) is 0 Å². The number of hydrogen-bond acceptors (Lipinski definition) is 2. The molecule has 2 nitrogen and oxygen atoms in total. The van der Waals surface area contributed by atoms with Crippen LogP contribution in [0.4, 0.5) is 4.39 Å². The standard InChI is InChI=1S/C18H29FN2/c1-13-9-10-21(15(3)11-13)12-14(2)18(20-4)16-7-5-6-8-17(16)19/h5-8,13-15,18,20H,9-12H2,1-4H3. The van der Waals surface area contributed by atoms with E-state index in [4.69, 9.17) is 0 Å². The molecule has 4 atom stereocenters. The second-order valence-electron chi connectivity index (χ2n) is 6.74. The van der Waals surface area contributed by atoms with E-state index >= 15 is 0 Å². The summed E-state index contributed by atoms with van der Waals surface area (Å²) in [6.45, 7) is 9.07. The minimum absolute atomic E-state index is 0.0674. The van der Waals surface area contributed by atoms with E-state index in [1.54, 1.807) is 12.1 Å².